The number of halogens is 6. The van der Waals surface area contributed by atoms with Gasteiger partial charge in [-0.15, -0.1) is 0 Å². The van der Waals surface area contributed by atoms with Crippen LogP contribution in [0.25, 0.3) is 0 Å². The molecule has 0 amide bonds. The van der Waals surface area contributed by atoms with Crippen LogP contribution in [0.5, 0.6) is 0 Å². The van der Waals surface area contributed by atoms with E-state index in [2.05, 4.69) is 5.10 Å². The Morgan fingerprint density at radius 1 is 1.11 bits per heavy atom. The summed E-state index contributed by atoms with van der Waals surface area (Å²) in [7, 11) is 0. The molecule has 1 heterocycles. The Morgan fingerprint density at radius 2 is 1.74 bits per heavy atom. The maximum Gasteiger partial charge on any atom is 0.457 e. The molecule has 0 aliphatic carbocycles. The number of hydrogen-bond acceptors (Lipinski definition) is 3. The van der Waals surface area contributed by atoms with Gasteiger partial charge < -0.3 is 0 Å². The van der Waals surface area contributed by atoms with Gasteiger partial charge in [0.2, 0.25) is 6.17 Å². The topological polar surface area (TPSA) is 18.8 Å². The van der Waals surface area contributed by atoms with E-state index in [0.29, 0.717) is 24.2 Å². The summed E-state index contributed by atoms with van der Waals surface area (Å²) in [5.74, 6) is -5.19. The van der Waals surface area contributed by atoms with Crippen molar-refractivity contribution < 1.29 is 26.4 Å². The van der Waals surface area contributed by atoms with Gasteiger partial charge in [0.15, 0.2) is 0 Å². The third-order valence-electron chi connectivity index (χ3n) is 2.77. The lowest BCUT2D eigenvalue weighted by Gasteiger charge is -2.32. The van der Waals surface area contributed by atoms with E-state index in [0.717, 1.165) is 12.8 Å². The van der Waals surface area contributed by atoms with E-state index in [-0.39, 0.29) is 6.54 Å². The van der Waals surface area contributed by atoms with E-state index in [9.17, 15) is 26.4 Å². The highest BCUT2D eigenvalue weighted by Gasteiger charge is 2.67. The average Bonchev–Trinajstić information content (AvgIpc) is 2.65. The molecular weight excluding hydrogens is 276 g/mol. The van der Waals surface area contributed by atoms with Crippen LogP contribution in [0.1, 0.15) is 32.6 Å². The molecular formula is C10H15F6N3. The molecule has 0 spiro atoms. The molecule has 0 aromatic rings. The van der Waals surface area contributed by atoms with Gasteiger partial charge in [-0.25, -0.2) is 0 Å². The van der Waals surface area contributed by atoms with E-state index in [1.165, 1.54) is 0 Å². The lowest BCUT2D eigenvalue weighted by atomic mass is 10.2. The van der Waals surface area contributed by atoms with Gasteiger partial charge in [-0.2, -0.15) is 32.2 Å². The minimum Gasteiger partial charge on any atom is -0.264 e. The minimum atomic E-state index is -5.82. The number of hydrogen-bond donors (Lipinski definition) is 0. The number of unbranched alkanes of at least 4 members (excludes halogenated alkanes) is 3. The molecule has 1 atom stereocenters. The van der Waals surface area contributed by atoms with Crippen LogP contribution < -0.4 is 0 Å². The standard InChI is InChI=1S/C10H15F6N3/c1-2-3-4-5-6-19-8(18(16)7-17-19)9(11,12)10(13,14)15/h7-8H,2-6H2,1H3. The van der Waals surface area contributed by atoms with Gasteiger partial charge in [0.05, 0.1) is 0 Å². The summed E-state index contributed by atoms with van der Waals surface area (Å²) in [5.41, 5.74) is 0. The summed E-state index contributed by atoms with van der Waals surface area (Å²) in [6.45, 7) is 1.78. The van der Waals surface area contributed by atoms with Gasteiger partial charge in [-0.3, -0.25) is 5.01 Å². The maximum absolute atomic E-state index is 13.2. The van der Waals surface area contributed by atoms with Gasteiger partial charge in [0.25, 0.3) is 0 Å². The SMILES string of the molecule is CCCCCCN1N=CN(F)C1C(F)(F)C(F)(F)F. The van der Waals surface area contributed by atoms with Crippen molar-refractivity contribution >= 4 is 6.34 Å². The molecule has 9 heteroatoms. The van der Waals surface area contributed by atoms with Crippen LogP contribution in [0.15, 0.2) is 5.10 Å². The van der Waals surface area contributed by atoms with Crippen LogP contribution in [0.3, 0.4) is 0 Å². The predicted molar refractivity (Wildman–Crippen MR) is 57.1 cm³/mol. The van der Waals surface area contributed by atoms with Gasteiger partial charge in [0, 0.05) is 6.54 Å². The molecule has 1 unspecified atom stereocenters. The molecule has 1 aliphatic heterocycles. The fraction of sp³-hybridized carbons (Fsp3) is 0.900. The second-order valence-electron chi connectivity index (χ2n) is 4.29. The van der Waals surface area contributed by atoms with Gasteiger partial charge in [0.1, 0.15) is 6.34 Å². The zero-order valence-corrected chi connectivity index (χ0v) is 10.3. The maximum atomic E-state index is 13.2. The first-order valence-electron chi connectivity index (χ1n) is 5.91. The largest absolute Gasteiger partial charge is 0.457 e. The van der Waals surface area contributed by atoms with Gasteiger partial charge >= 0.3 is 12.1 Å². The highest BCUT2D eigenvalue weighted by molar-refractivity contribution is 5.55. The van der Waals surface area contributed by atoms with Crippen molar-refractivity contribution in [3.05, 3.63) is 0 Å². The first kappa shape index (κ1) is 15.9. The number of hydrazone groups is 1. The Balaban J connectivity index is 2.69. The van der Waals surface area contributed by atoms with Crippen molar-refractivity contribution in [1.82, 2.24) is 10.1 Å². The van der Waals surface area contributed by atoms with Gasteiger partial charge in [-0.05, 0) is 6.42 Å². The van der Waals surface area contributed by atoms with E-state index in [1.54, 1.807) is 0 Å². The highest BCUT2D eigenvalue weighted by atomic mass is 19.4. The minimum absolute atomic E-state index is 0.146. The van der Waals surface area contributed by atoms with Gasteiger partial charge in [-0.1, -0.05) is 30.7 Å². The molecule has 0 aromatic heterocycles. The Labute approximate surface area is 106 Å². The molecule has 0 saturated carbocycles. The molecule has 19 heavy (non-hydrogen) atoms. The molecule has 0 aromatic carbocycles. The molecule has 1 aliphatic rings. The highest BCUT2D eigenvalue weighted by Crippen LogP contribution is 2.42. The smallest absolute Gasteiger partial charge is 0.264 e. The molecule has 0 saturated heterocycles. The normalized spacial score (nSPS) is 20.5. The molecule has 0 N–H and O–H groups in total. The molecule has 112 valence electrons. The Morgan fingerprint density at radius 3 is 2.26 bits per heavy atom. The summed E-state index contributed by atoms with van der Waals surface area (Å²) in [6.07, 6.45) is -5.48. The zero-order valence-electron chi connectivity index (χ0n) is 10.3. The van der Waals surface area contributed by atoms with Crippen LogP contribution in [-0.4, -0.2) is 41.3 Å². The van der Waals surface area contributed by atoms with Crippen molar-refractivity contribution in [3.63, 3.8) is 0 Å². The van der Waals surface area contributed by atoms with E-state index in [1.807, 2.05) is 6.92 Å². The van der Waals surface area contributed by atoms with Crippen molar-refractivity contribution in [2.75, 3.05) is 6.54 Å². The molecule has 0 fully saturated rings. The number of rotatable bonds is 6. The van der Waals surface area contributed by atoms with Crippen molar-refractivity contribution in [2.45, 2.75) is 50.9 Å². The summed E-state index contributed by atoms with van der Waals surface area (Å²) in [4.78, 5) is 0. The lowest BCUT2D eigenvalue weighted by Crippen LogP contribution is -2.57. The van der Waals surface area contributed by atoms with Crippen LogP contribution in [0.2, 0.25) is 0 Å². The quantitative estimate of drug-likeness (QED) is 0.423. The summed E-state index contributed by atoms with van der Waals surface area (Å²) >= 11 is 0. The number of nitrogens with zero attached hydrogens (tertiary/aromatic N) is 3. The fourth-order valence-corrected chi connectivity index (χ4v) is 1.74. The second-order valence-corrected chi connectivity index (χ2v) is 4.29. The van der Waals surface area contributed by atoms with Crippen LogP contribution in [-0.2, 0) is 0 Å². The van der Waals surface area contributed by atoms with E-state index >= 15 is 0 Å². The molecule has 3 nitrogen and oxygen atoms in total. The number of alkyl halides is 5. The van der Waals surface area contributed by atoms with Crippen LogP contribution in [0, 0.1) is 0 Å². The third kappa shape index (κ3) is 3.44. The van der Waals surface area contributed by atoms with Crippen molar-refractivity contribution in [1.29, 1.82) is 0 Å². The summed E-state index contributed by atoms with van der Waals surface area (Å²) in [5, 5.41) is 3.00. The van der Waals surface area contributed by atoms with Crippen molar-refractivity contribution in [2.24, 2.45) is 5.10 Å². The first-order chi connectivity index (χ1) is 8.71. The lowest BCUT2D eigenvalue weighted by molar-refractivity contribution is -0.323. The molecule has 0 radical (unpaired) electrons. The zero-order chi connectivity index (χ0) is 14.7. The third-order valence-corrected chi connectivity index (χ3v) is 2.77. The summed E-state index contributed by atoms with van der Waals surface area (Å²) in [6, 6.07) is 0. The Bertz CT molecular complexity index is 317. The Kier molecular flexibility index (Phi) is 4.92. The predicted octanol–water partition coefficient (Wildman–Crippen LogP) is 3.54. The average molecular weight is 291 g/mol. The first-order valence-corrected chi connectivity index (χ1v) is 5.91. The van der Waals surface area contributed by atoms with E-state index in [4.69, 9.17) is 0 Å². The second kappa shape index (κ2) is 5.87. The van der Waals surface area contributed by atoms with E-state index < -0.39 is 23.4 Å². The molecule has 0 bridgehead atoms. The monoisotopic (exact) mass is 291 g/mol. The van der Waals surface area contributed by atoms with Crippen LogP contribution in [0.4, 0.5) is 26.4 Å². The summed E-state index contributed by atoms with van der Waals surface area (Å²) < 4.78 is 76.2. The Hall–Kier alpha value is -1.15. The van der Waals surface area contributed by atoms with Crippen LogP contribution >= 0.6 is 0 Å². The molecule has 1 rings (SSSR count). The fourth-order valence-electron chi connectivity index (χ4n) is 1.74. The van der Waals surface area contributed by atoms with Crippen molar-refractivity contribution in [3.8, 4) is 0 Å².